The predicted octanol–water partition coefficient (Wildman–Crippen LogP) is 3.57. The van der Waals surface area contributed by atoms with Crippen molar-refractivity contribution in [1.82, 2.24) is 19.6 Å². The summed E-state index contributed by atoms with van der Waals surface area (Å²) < 4.78 is 3.86. The molecular weight excluding hydrogens is 332 g/mol. The highest BCUT2D eigenvalue weighted by Crippen LogP contribution is 2.13. The number of nitrogens with one attached hydrogen (secondary N) is 2. The van der Waals surface area contributed by atoms with Gasteiger partial charge in [-0.3, -0.25) is 9.36 Å². The minimum atomic E-state index is 0.540. The minimum Gasteiger partial charge on any atom is -0.332 e. The van der Waals surface area contributed by atoms with Crippen LogP contribution in [0.4, 0.5) is 11.4 Å². The van der Waals surface area contributed by atoms with E-state index in [-0.39, 0.29) is 0 Å². The predicted molar refractivity (Wildman–Crippen MR) is 105 cm³/mol. The monoisotopic (exact) mass is 354 g/mol. The van der Waals surface area contributed by atoms with Gasteiger partial charge in [0, 0.05) is 29.7 Å². The number of aryl methyl sites for hydroxylation is 2. The van der Waals surface area contributed by atoms with Crippen molar-refractivity contribution in [3.8, 4) is 0 Å². The van der Waals surface area contributed by atoms with Crippen LogP contribution >= 0.6 is 12.2 Å². The summed E-state index contributed by atoms with van der Waals surface area (Å²) in [5.41, 5.74) is 5.36. The van der Waals surface area contributed by atoms with Crippen molar-refractivity contribution in [3.63, 3.8) is 0 Å². The van der Waals surface area contributed by atoms with E-state index in [1.807, 2.05) is 46.0 Å². The molecule has 0 atom stereocenters. The fourth-order valence-electron chi connectivity index (χ4n) is 2.58. The third kappa shape index (κ3) is 4.24. The summed E-state index contributed by atoms with van der Waals surface area (Å²) in [6, 6.07) is 8.09. The molecule has 2 aromatic heterocycles. The van der Waals surface area contributed by atoms with E-state index in [1.54, 1.807) is 6.20 Å². The highest BCUT2D eigenvalue weighted by Gasteiger charge is 2.07. The lowest BCUT2D eigenvalue weighted by Crippen LogP contribution is -2.18. The van der Waals surface area contributed by atoms with E-state index in [4.69, 9.17) is 12.2 Å². The Morgan fingerprint density at radius 1 is 1.04 bits per heavy atom. The van der Waals surface area contributed by atoms with Crippen molar-refractivity contribution >= 4 is 28.7 Å². The van der Waals surface area contributed by atoms with Gasteiger partial charge in [0.05, 0.1) is 24.6 Å². The molecule has 0 aliphatic rings. The van der Waals surface area contributed by atoms with Crippen LogP contribution in [0.1, 0.15) is 23.7 Å². The minimum absolute atomic E-state index is 0.540. The largest absolute Gasteiger partial charge is 0.332 e. The lowest BCUT2D eigenvalue weighted by molar-refractivity contribution is 0.633. The maximum Gasteiger partial charge on any atom is 0.175 e. The van der Waals surface area contributed by atoms with E-state index in [0.29, 0.717) is 11.7 Å². The van der Waals surface area contributed by atoms with Crippen LogP contribution in [0, 0.1) is 13.8 Å². The number of anilines is 2. The molecule has 0 saturated heterocycles. The molecule has 0 radical (unpaired) electrons. The first kappa shape index (κ1) is 17.2. The Hall–Kier alpha value is -2.67. The van der Waals surface area contributed by atoms with Crippen LogP contribution < -0.4 is 10.6 Å². The smallest absolute Gasteiger partial charge is 0.175 e. The molecular formula is C18H22N6S. The van der Waals surface area contributed by atoms with Crippen LogP contribution in [-0.2, 0) is 13.1 Å². The number of benzene rings is 1. The van der Waals surface area contributed by atoms with E-state index in [0.717, 1.165) is 23.5 Å². The Bertz CT molecular complexity index is 862. The highest BCUT2D eigenvalue weighted by atomic mass is 32.1. The van der Waals surface area contributed by atoms with Crippen LogP contribution in [0.3, 0.4) is 0 Å². The fraction of sp³-hybridized carbons (Fsp3) is 0.278. The normalized spacial score (nSPS) is 10.7. The molecule has 1 aromatic carbocycles. The van der Waals surface area contributed by atoms with Crippen molar-refractivity contribution in [2.45, 2.75) is 33.9 Å². The Labute approximate surface area is 152 Å². The van der Waals surface area contributed by atoms with Crippen molar-refractivity contribution in [1.29, 1.82) is 0 Å². The molecule has 0 spiro atoms. The third-order valence-corrected chi connectivity index (χ3v) is 4.24. The lowest BCUT2D eigenvalue weighted by atomic mass is 10.2. The molecule has 0 saturated carbocycles. The molecule has 25 heavy (non-hydrogen) atoms. The quantitative estimate of drug-likeness (QED) is 0.686. The maximum absolute atomic E-state index is 5.36. The molecule has 0 aliphatic carbocycles. The average molecular weight is 354 g/mol. The number of thiocarbonyl (C=S) groups is 1. The number of aromatic nitrogens is 4. The molecule has 0 aliphatic heterocycles. The summed E-state index contributed by atoms with van der Waals surface area (Å²) in [7, 11) is 0. The van der Waals surface area contributed by atoms with Crippen molar-refractivity contribution in [2.75, 3.05) is 10.6 Å². The molecule has 130 valence electrons. The van der Waals surface area contributed by atoms with Gasteiger partial charge in [0.1, 0.15) is 0 Å². The van der Waals surface area contributed by atoms with Crippen molar-refractivity contribution in [2.24, 2.45) is 0 Å². The molecule has 3 rings (SSSR count). The van der Waals surface area contributed by atoms with Crippen molar-refractivity contribution in [3.05, 3.63) is 59.7 Å². The SMILES string of the molecule is CCn1ncc(Cn2cc(NC(=S)Nc3ccc(C)cc3)cn2)c1C. The highest BCUT2D eigenvalue weighted by molar-refractivity contribution is 7.80. The molecule has 0 amide bonds. The van der Waals surface area contributed by atoms with Crippen LogP contribution in [0.25, 0.3) is 0 Å². The number of nitrogens with zero attached hydrogens (tertiary/aromatic N) is 4. The molecule has 6 nitrogen and oxygen atoms in total. The summed E-state index contributed by atoms with van der Waals surface area (Å²) in [6.45, 7) is 7.78. The number of hydrogen-bond acceptors (Lipinski definition) is 3. The first-order chi connectivity index (χ1) is 12.0. The summed E-state index contributed by atoms with van der Waals surface area (Å²) in [6.07, 6.45) is 5.60. The van der Waals surface area contributed by atoms with Gasteiger partial charge in [-0.1, -0.05) is 17.7 Å². The van der Waals surface area contributed by atoms with Crippen molar-refractivity contribution < 1.29 is 0 Å². The standard InChI is InChI=1S/C18H22N6S/c1-4-24-14(3)15(9-20-24)11-23-12-17(10-19-23)22-18(25)21-16-7-5-13(2)6-8-16/h5-10,12H,4,11H2,1-3H3,(H2,21,22,25). The Morgan fingerprint density at radius 3 is 2.44 bits per heavy atom. The molecule has 0 fully saturated rings. The summed E-state index contributed by atoms with van der Waals surface area (Å²) in [5, 5.41) is 15.6. The molecule has 2 N–H and O–H groups in total. The molecule has 7 heteroatoms. The maximum atomic E-state index is 5.36. The van der Waals surface area contributed by atoms with Gasteiger partial charge in [-0.2, -0.15) is 10.2 Å². The van der Waals surface area contributed by atoms with E-state index < -0.39 is 0 Å². The zero-order chi connectivity index (χ0) is 17.8. The van der Waals surface area contributed by atoms with Crippen LogP contribution in [0.2, 0.25) is 0 Å². The second-order valence-corrected chi connectivity index (χ2v) is 6.35. The molecule has 0 unspecified atom stereocenters. The van der Waals surface area contributed by atoms with Gasteiger partial charge >= 0.3 is 0 Å². The van der Waals surface area contributed by atoms with Gasteiger partial charge in [0.15, 0.2) is 5.11 Å². The lowest BCUT2D eigenvalue weighted by Gasteiger charge is -2.09. The Morgan fingerprint density at radius 2 is 1.76 bits per heavy atom. The topological polar surface area (TPSA) is 59.7 Å². The summed E-state index contributed by atoms with van der Waals surface area (Å²) in [4.78, 5) is 0. The summed E-state index contributed by atoms with van der Waals surface area (Å²) in [5.74, 6) is 0. The van der Waals surface area contributed by atoms with Gasteiger partial charge in [-0.25, -0.2) is 0 Å². The zero-order valence-corrected chi connectivity index (χ0v) is 15.5. The van der Waals surface area contributed by atoms with E-state index in [9.17, 15) is 0 Å². The van der Waals surface area contributed by atoms with Gasteiger partial charge in [0.25, 0.3) is 0 Å². The second-order valence-electron chi connectivity index (χ2n) is 5.94. The number of rotatable bonds is 5. The fourth-order valence-corrected chi connectivity index (χ4v) is 2.81. The van der Waals surface area contributed by atoms with Gasteiger partial charge < -0.3 is 10.6 Å². The zero-order valence-electron chi connectivity index (χ0n) is 14.7. The van der Waals surface area contributed by atoms with Gasteiger partial charge in [-0.15, -0.1) is 0 Å². The summed E-state index contributed by atoms with van der Waals surface area (Å²) >= 11 is 5.36. The first-order valence-electron chi connectivity index (χ1n) is 8.23. The first-order valence-corrected chi connectivity index (χ1v) is 8.64. The van der Waals surface area contributed by atoms with Crippen LogP contribution in [0.5, 0.6) is 0 Å². The molecule has 2 heterocycles. The van der Waals surface area contributed by atoms with Crippen LogP contribution in [0.15, 0.2) is 42.9 Å². The van der Waals surface area contributed by atoms with E-state index in [1.165, 1.54) is 11.3 Å². The number of hydrogen-bond donors (Lipinski definition) is 2. The third-order valence-electron chi connectivity index (χ3n) is 4.04. The Kier molecular flexibility index (Phi) is 5.14. The van der Waals surface area contributed by atoms with E-state index >= 15 is 0 Å². The van der Waals surface area contributed by atoms with E-state index in [2.05, 4.69) is 41.6 Å². The van der Waals surface area contributed by atoms with Crippen LogP contribution in [-0.4, -0.2) is 24.7 Å². The molecule has 3 aromatic rings. The Balaban J connectivity index is 1.60. The van der Waals surface area contributed by atoms with Gasteiger partial charge in [-0.05, 0) is 45.1 Å². The molecule has 0 bridgehead atoms. The second kappa shape index (κ2) is 7.48. The average Bonchev–Trinajstić information content (AvgIpc) is 3.17. The van der Waals surface area contributed by atoms with Gasteiger partial charge in [0.2, 0.25) is 0 Å².